The number of nitrogens with zero attached hydrogens (tertiary/aromatic N) is 1. The molecule has 0 aliphatic carbocycles. The molecule has 1 aromatic heterocycles. The first-order valence-electron chi connectivity index (χ1n) is 4.56. The van der Waals surface area contributed by atoms with E-state index in [0.29, 0.717) is 11.8 Å². The van der Waals surface area contributed by atoms with Crippen molar-refractivity contribution in [3.63, 3.8) is 0 Å². The second-order valence-electron chi connectivity index (χ2n) is 3.48. The smallest absolute Gasteiger partial charge is 0.341 e. The highest BCUT2D eigenvalue weighted by Crippen LogP contribution is 2.35. The van der Waals surface area contributed by atoms with Crippen molar-refractivity contribution in [1.82, 2.24) is 4.57 Å². The molecule has 0 bridgehead atoms. The number of benzene rings is 1. The molecule has 2 rings (SSSR count). The van der Waals surface area contributed by atoms with Crippen LogP contribution in [0.4, 0.5) is 13.2 Å². The van der Waals surface area contributed by atoms with Gasteiger partial charge in [0.1, 0.15) is 0 Å². The van der Waals surface area contributed by atoms with Gasteiger partial charge in [0.2, 0.25) is 0 Å². The van der Waals surface area contributed by atoms with Gasteiger partial charge >= 0.3 is 6.18 Å². The van der Waals surface area contributed by atoms with Crippen LogP contribution in [0.2, 0.25) is 0 Å². The summed E-state index contributed by atoms with van der Waals surface area (Å²) in [6, 6.07) is 5.15. The topological polar surface area (TPSA) is 22.0 Å². The van der Waals surface area contributed by atoms with Crippen molar-refractivity contribution >= 4 is 17.2 Å². The van der Waals surface area contributed by atoms with Crippen LogP contribution in [-0.2, 0) is 13.2 Å². The van der Waals surface area contributed by atoms with Crippen molar-refractivity contribution in [2.24, 2.45) is 7.05 Å². The molecule has 1 aromatic carbocycles. The van der Waals surface area contributed by atoms with Crippen molar-refractivity contribution in [3.05, 3.63) is 35.5 Å². The monoisotopic (exact) mass is 227 g/mol. The van der Waals surface area contributed by atoms with Crippen molar-refractivity contribution in [3.8, 4) is 0 Å². The first-order valence-corrected chi connectivity index (χ1v) is 4.56. The second-order valence-corrected chi connectivity index (χ2v) is 3.48. The number of aryl methyl sites for hydroxylation is 1. The number of fused-ring (bicyclic) bond motifs is 1. The fourth-order valence-electron chi connectivity index (χ4n) is 1.74. The summed E-state index contributed by atoms with van der Waals surface area (Å²) in [6.07, 6.45) is -3.86. The Balaban J connectivity index is 2.84. The van der Waals surface area contributed by atoms with Gasteiger partial charge in [-0.25, -0.2) is 0 Å². The van der Waals surface area contributed by atoms with Gasteiger partial charge in [0.25, 0.3) is 0 Å². The maximum Gasteiger partial charge on any atom is 0.417 e. The molecule has 0 saturated heterocycles. The lowest BCUT2D eigenvalue weighted by atomic mass is 10.1. The lowest BCUT2D eigenvalue weighted by Crippen LogP contribution is -2.05. The summed E-state index contributed by atoms with van der Waals surface area (Å²) in [7, 11) is 1.56. The van der Waals surface area contributed by atoms with E-state index in [1.807, 2.05) is 0 Å². The molecule has 0 atom stereocenters. The number of hydrogen-bond acceptors (Lipinski definition) is 1. The molecule has 16 heavy (non-hydrogen) atoms. The normalized spacial score (nSPS) is 12.0. The summed E-state index contributed by atoms with van der Waals surface area (Å²) in [6.45, 7) is 0. The third kappa shape index (κ3) is 1.48. The zero-order valence-electron chi connectivity index (χ0n) is 8.38. The van der Waals surface area contributed by atoms with E-state index in [-0.39, 0.29) is 11.1 Å². The molecular weight excluding hydrogens is 219 g/mol. The van der Waals surface area contributed by atoms with E-state index in [1.165, 1.54) is 16.7 Å². The van der Waals surface area contributed by atoms with Gasteiger partial charge in [-0.3, -0.25) is 4.79 Å². The fraction of sp³-hybridized carbons (Fsp3) is 0.182. The van der Waals surface area contributed by atoms with Crippen LogP contribution in [0.1, 0.15) is 16.1 Å². The third-order valence-corrected chi connectivity index (χ3v) is 2.55. The fourth-order valence-corrected chi connectivity index (χ4v) is 1.74. The predicted octanol–water partition coefficient (Wildman–Crippen LogP) is 3.01. The number of hydrogen-bond donors (Lipinski definition) is 0. The predicted molar refractivity (Wildman–Crippen MR) is 53.3 cm³/mol. The second kappa shape index (κ2) is 3.37. The third-order valence-electron chi connectivity index (χ3n) is 2.55. The van der Waals surface area contributed by atoms with Crippen LogP contribution in [0, 0.1) is 0 Å². The van der Waals surface area contributed by atoms with Crippen LogP contribution in [0.15, 0.2) is 24.3 Å². The van der Waals surface area contributed by atoms with Crippen LogP contribution in [0.5, 0.6) is 0 Å². The first-order chi connectivity index (χ1) is 7.45. The van der Waals surface area contributed by atoms with Crippen LogP contribution < -0.4 is 0 Å². The molecule has 0 radical (unpaired) electrons. The van der Waals surface area contributed by atoms with Crippen LogP contribution in [-0.4, -0.2) is 10.9 Å². The minimum Gasteiger partial charge on any atom is -0.341 e. The summed E-state index contributed by atoms with van der Waals surface area (Å²) in [5, 5.41) is 0.0552. The zero-order chi connectivity index (χ0) is 11.9. The van der Waals surface area contributed by atoms with Gasteiger partial charge in [0, 0.05) is 18.0 Å². The standard InChI is InChI=1S/C11H8F3NO/c1-15-7(6-16)5-8-9(11(12,13)14)3-2-4-10(8)15/h2-6H,1H3. The summed E-state index contributed by atoms with van der Waals surface area (Å²) < 4.78 is 39.4. The number of halogens is 3. The van der Waals surface area contributed by atoms with E-state index >= 15 is 0 Å². The Kier molecular flexibility index (Phi) is 2.26. The van der Waals surface area contributed by atoms with Gasteiger partial charge in [-0.15, -0.1) is 0 Å². The Morgan fingerprint density at radius 2 is 2.00 bits per heavy atom. The maximum atomic E-state index is 12.7. The van der Waals surface area contributed by atoms with E-state index < -0.39 is 11.7 Å². The first kappa shape index (κ1) is 10.7. The van der Waals surface area contributed by atoms with Crippen molar-refractivity contribution in [1.29, 1.82) is 0 Å². The van der Waals surface area contributed by atoms with E-state index in [1.54, 1.807) is 13.1 Å². The Morgan fingerprint density at radius 3 is 2.56 bits per heavy atom. The molecule has 84 valence electrons. The average Bonchev–Trinajstić information content (AvgIpc) is 2.54. The minimum absolute atomic E-state index is 0.0552. The van der Waals surface area contributed by atoms with Crippen molar-refractivity contribution < 1.29 is 18.0 Å². The average molecular weight is 227 g/mol. The largest absolute Gasteiger partial charge is 0.417 e. The van der Waals surface area contributed by atoms with E-state index in [4.69, 9.17) is 0 Å². The SMILES string of the molecule is Cn1c(C=O)cc2c(C(F)(F)F)cccc21. The summed E-state index contributed by atoms with van der Waals surface area (Å²) in [5.74, 6) is 0. The molecule has 0 saturated carbocycles. The lowest BCUT2D eigenvalue weighted by molar-refractivity contribution is -0.136. The van der Waals surface area contributed by atoms with E-state index in [9.17, 15) is 18.0 Å². The molecule has 1 heterocycles. The molecule has 5 heteroatoms. The maximum absolute atomic E-state index is 12.7. The van der Waals surface area contributed by atoms with Crippen molar-refractivity contribution in [2.75, 3.05) is 0 Å². The molecule has 2 aromatic rings. The highest BCUT2D eigenvalue weighted by atomic mass is 19.4. The van der Waals surface area contributed by atoms with Gasteiger partial charge in [0.05, 0.1) is 11.3 Å². The summed E-state index contributed by atoms with van der Waals surface area (Å²) in [5.41, 5.74) is -0.0858. The number of rotatable bonds is 1. The lowest BCUT2D eigenvalue weighted by Gasteiger charge is -2.07. The Labute approximate surface area is 89.3 Å². The Morgan fingerprint density at radius 1 is 1.31 bits per heavy atom. The van der Waals surface area contributed by atoms with Crippen LogP contribution in [0.3, 0.4) is 0 Å². The molecule has 0 fully saturated rings. The molecule has 2 nitrogen and oxygen atoms in total. The highest BCUT2D eigenvalue weighted by molar-refractivity contribution is 5.91. The van der Waals surface area contributed by atoms with Gasteiger partial charge < -0.3 is 4.57 Å². The highest BCUT2D eigenvalue weighted by Gasteiger charge is 2.33. The summed E-state index contributed by atoms with van der Waals surface area (Å²) >= 11 is 0. The molecule has 0 aliphatic heterocycles. The van der Waals surface area contributed by atoms with Crippen LogP contribution in [0.25, 0.3) is 10.9 Å². The quantitative estimate of drug-likeness (QED) is 0.686. The minimum atomic E-state index is -4.40. The van der Waals surface area contributed by atoms with Gasteiger partial charge in [-0.2, -0.15) is 13.2 Å². The summed E-state index contributed by atoms with van der Waals surface area (Å²) in [4.78, 5) is 10.7. The van der Waals surface area contributed by atoms with Gasteiger partial charge in [-0.1, -0.05) is 6.07 Å². The Hall–Kier alpha value is -1.78. The molecule has 0 N–H and O–H groups in total. The number of carbonyl (C=O) groups is 1. The number of alkyl halides is 3. The zero-order valence-corrected chi connectivity index (χ0v) is 8.38. The molecule has 0 unspecified atom stereocenters. The molecular formula is C11H8F3NO. The number of aldehydes is 1. The van der Waals surface area contributed by atoms with Gasteiger partial charge in [-0.05, 0) is 18.2 Å². The Bertz CT molecular complexity index is 554. The van der Waals surface area contributed by atoms with E-state index in [2.05, 4.69) is 0 Å². The van der Waals surface area contributed by atoms with Crippen molar-refractivity contribution in [2.45, 2.75) is 6.18 Å². The van der Waals surface area contributed by atoms with E-state index in [0.717, 1.165) is 6.07 Å². The molecule has 0 spiro atoms. The molecule has 0 amide bonds. The number of aromatic nitrogens is 1. The number of carbonyl (C=O) groups excluding carboxylic acids is 1. The molecule has 0 aliphatic rings. The van der Waals surface area contributed by atoms with Crippen LogP contribution >= 0.6 is 0 Å². The van der Waals surface area contributed by atoms with Gasteiger partial charge in [0.15, 0.2) is 6.29 Å².